The summed E-state index contributed by atoms with van der Waals surface area (Å²) in [6.45, 7) is 6.00. The molecular formula is C20H16ClNO. The van der Waals surface area contributed by atoms with Crippen LogP contribution in [0.15, 0.2) is 74.1 Å². The van der Waals surface area contributed by atoms with Gasteiger partial charge >= 0.3 is 0 Å². The Morgan fingerprint density at radius 1 is 1.04 bits per heavy atom. The molecule has 0 amide bonds. The number of hydrogen-bond donors (Lipinski definition) is 0. The number of fused-ring (bicyclic) bond motifs is 3. The van der Waals surface area contributed by atoms with E-state index in [2.05, 4.69) is 24.2 Å². The van der Waals surface area contributed by atoms with Crippen molar-refractivity contribution in [2.45, 2.75) is 6.42 Å². The summed E-state index contributed by atoms with van der Waals surface area (Å²) in [6, 6.07) is 15.9. The van der Waals surface area contributed by atoms with Crippen molar-refractivity contribution >= 4 is 27.9 Å². The summed E-state index contributed by atoms with van der Waals surface area (Å²) >= 11 is 6.07. The highest BCUT2D eigenvalue weighted by Crippen LogP contribution is 2.36. The van der Waals surface area contributed by atoms with Gasteiger partial charge < -0.3 is 4.74 Å². The van der Waals surface area contributed by atoms with Crippen molar-refractivity contribution in [2.75, 3.05) is 0 Å². The molecule has 3 heteroatoms. The second-order valence-electron chi connectivity index (χ2n) is 5.06. The third-order valence-corrected chi connectivity index (χ3v) is 3.97. The number of benzene rings is 2. The van der Waals surface area contributed by atoms with Crippen LogP contribution < -0.4 is 4.74 Å². The van der Waals surface area contributed by atoms with Crippen LogP contribution in [0.4, 0.5) is 0 Å². The van der Waals surface area contributed by atoms with Crippen LogP contribution in [0, 0.1) is 0 Å². The van der Waals surface area contributed by atoms with Crippen LogP contribution in [0.1, 0.15) is 11.3 Å². The summed E-state index contributed by atoms with van der Waals surface area (Å²) in [4.78, 5) is 4.40. The van der Waals surface area contributed by atoms with E-state index in [0.717, 1.165) is 33.8 Å². The van der Waals surface area contributed by atoms with Crippen molar-refractivity contribution in [2.24, 2.45) is 0 Å². The molecule has 2 nitrogen and oxygen atoms in total. The molecule has 1 aliphatic heterocycles. The molecular weight excluding hydrogens is 306 g/mol. The molecule has 0 saturated carbocycles. The van der Waals surface area contributed by atoms with Crippen molar-refractivity contribution < 1.29 is 4.74 Å². The average Bonchev–Trinajstić information content (AvgIpc) is 2.63. The van der Waals surface area contributed by atoms with Crippen molar-refractivity contribution in [3.8, 4) is 5.75 Å². The number of pyridine rings is 1. The molecule has 114 valence electrons. The first-order valence-electron chi connectivity index (χ1n) is 7.29. The summed E-state index contributed by atoms with van der Waals surface area (Å²) in [5, 5.41) is 3.06. The molecule has 3 aromatic rings. The molecule has 2 heterocycles. The lowest BCUT2D eigenvalue weighted by Gasteiger charge is -2.19. The van der Waals surface area contributed by atoms with Gasteiger partial charge in [-0.1, -0.05) is 29.8 Å². The van der Waals surface area contributed by atoms with Crippen LogP contribution in [-0.4, -0.2) is 4.98 Å². The van der Waals surface area contributed by atoms with E-state index in [-0.39, 0.29) is 0 Å². The van der Waals surface area contributed by atoms with Gasteiger partial charge in [-0.2, -0.15) is 0 Å². The molecule has 0 atom stereocenters. The summed E-state index contributed by atoms with van der Waals surface area (Å²) in [6.07, 6.45) is 4.41. The number of rotatable bonds is 1. The van der Waals surface area contributed by atoms with E-state index in [0.29, 0.717) is 0 Å². The average molecular weight is 322 g/mol. The molecule has 1 aromatic heterocycles. The maximum atomic E-state index is 6.07. The number of aromatic nitrogens is 1. The first-order valence-corrected chi connectivity index (χ1v) is 7.67. The lowest BCUT2D eigenvalue weighted by molar-refractivity contribution is 0.470. The molecule has 2 aromatic carbocycles. The van der Waals surface area contributed by atoms with Gasteiger partial charge in [-0.3, -0.25) is 4.98 Å². The largest absolute Gasteiger partial charge is 0.464 e. The minimum atomic E-state index is 0.750. The third-order valence-electron chi connectivity index (χ3n) is 3.74. The summed E-state index contributed by atoms with van der Waals surface area (Å²) in [7, 11) is 0. The van der Waals surface area contributed by atoms with E-state index >= 15 is 0 Å². The monoisotopic (exact) mass is 321 g/mol. The summed E-state index contributed by atoms with van der Waals surface area (Å²) < 4.78 is 5.79. The molecule has 0 fully saturated rings. The Hall–Kier alpha value is -2.58. The molecule has 0 aliphatic carbocycles. The van der Waals surface area contributed by atoms with Gasteiger partial charge in [0, 0.05) is 28.8 Å². The highest BCUT2D eigenvalue weighted by Gasteiger charge is 2.17. The van der Waals surface area contributed by atoms with Crippen LogP contribution in [0.5, 0.6) is 5.75 Å². The van der Waals surface area contributed by atoms with Gasteiger partial charge in [-0.15, -0.1) is 13.2 Å². The Morgan fingerprint density at radius 3 is 2.70 bits per heavy atom. The first kappa shape index (κ1) is 15.3. The second-order valence-corrected chi connectivity index (χ2v) is 5.50. The summed E-state index contributed by atoms with van der Waals surface area (Å²) in [5.74, 6) is 0.907. The van der Waals surface area contributed by atoms with Gasteiger partial charge in [0.25, 0.3) is 0 Å². The van der Waals surface area contributed by atoms with E-state index in [1.54, 1.807) is 12.5 Å². The number of allylic oxidation sites excluding steroid dienone is 1. The van der Waals surface area contributed by atoms with Crippen LogP contribution >= 0.6 is 11.6 Å². The van der Waals surface area contributed by atoms with Gasteiger partial charge in [-0.05, 0) is 41.1 Å². The van der Waals surface area contributed by atoms with Crippen LogP contribution in [0.3, 0.4) is 0 Å². The fourth-order valence-corrected chi connectivity index (χ4v) is 2.89. The molecule has 0 unspecified atom stereocenters. The zero-order valence-electron chi connectivity index (χ0n) is 12.6. The minimum absolute atomic E-state index is 0.750. The molecule has 0 bridgehead atoms. The molecule has 1 aliphatic rings. The number of halogens is 1. The molecule has 0 saturated heterocycles. The Morgan fingerprint density at radius 2 is 1.91 bits per heavy atom. The van der Waals surface area contributed by atoms with Crippen molar-refractivity contribution in [3.63, 3.8) is 0 Å². The second kappa shape index (κ2) is 6.67. The number of hydrogen-bond acceptors (Lipinski definition) is 2. The quantitative estimate of drug-likeness (QED) is 0.539. The normalized spacial score (nSPS) is 12.5. The van der Waals surface area contributed by atoms with Gasteiger partial charge in [0.2, 0.25) is 0 Å². The summed E-state index contributed by atoms with van der Waals surface area (Å²) in [5.41, 5.74) is 3.23. The topological polar surface area (TPSA) is 22.1 Å². The maximum absolute atomic E-state index is 6.07. The number of ether oxygens (including phenoxy) is 1. The smallest absolute Gasteiger partial charge is 0.130 e. The minimum Gasteiger partial charge on any atom is -0.464 e. The van der Waals surface area contributed by atoms with E-state index in [1.165, 1.54) is 10.9 Å². The van der Waals surface area contributed by atoms with Gasteiger partial charge in [0.15, 0.2) is 0 Å². The van der Waals surface area contributed by atoms with Crippen molar-refractivity contribution in [1.29, 1.82) is 0 Å². The fraction of sp³-hybridized carbons (Fsp3) is 0.0500. The molecule has 23 heavy (non-hydrogen) atoms. The van der Waals surface area contributed by atoms with Crippen molar-refractivity contribution in [1.82, 2.24) is 4.98 Å². The van der Waals surface area contributed by atoms with Crippen LogP contribution in [-0.2, 0) is 6.42 Å². The molecule has 4 rings (SSSR count). The lowest BCUT2D eigenvalue weighted by atomic mass is 9.95. The van der Waals surface area contributed by atoms with Gasteiger partial charge in [-0.25, -0.2) is 0 Å². The van der Waals surface area contributed by atoms with E-state index in [4.69, 9.17) is 16.3 Å². The number of nitrogens with zero attached hydrogens (tertiary/aromatic N) is 1. The predicted molar refractivity (Wildman–Crippen MR) is 96.8 cm³/mol. The van der Waals surface area contributed by atoms with Crippen LogP contribution in [0.2, 0.25) is 5.02 Å². The molecule has 0 spiro atoms. The lowest BCUT2D eigenvalue weighted by Crippen LogP contribution is -2.04. The Labute approximate surface area is 140 Å². The molecule has 0 radical (unpaired) electrons. The highest BCUT2D eigenvalue weighted by molar-refractivity contribution is 6.31. The maximum Gasteiger partial charge on any atom is 0.130 e. The van der Waals surface area contributed by atoms with Crippen LogP contribution in [0.25, 0.3) is 16.3 Å². The van der Waals surface area contributed by atoms with Crippen molar-refractivity contribution in [3.05, 3.63) is 90.4 Å². The predicted octanol–water partition coefficient (Wildman–Crippen LogP) is 5.67. The fourth-order valence-electron chi connectivity index (χ4n) is 2.71. The Balaban J connectivity index is 0.000000753. The SMILES string of the molecule is C=C.Clc1ccc2c3c(ccc2c1)OC=C(c1ccccn1)C3. The van der Waals surface area contributed by atoms with Gasteiger partial charge in [0.05, 0.1) is 12.0 Å². The highest BCUT2D eigenvalue weighted by atomic mass is 35.5. The Kier molecular flexibility index (Phi) is 4.45. The standard InChI is InChI=1S/C18H12ClNO.C2H4/c19-14-5-6-15-12(9-14)4-7-18-16(15)10-13(11-21-18)17-3-1-2-8-20-17;1-2/h1-9,11H,10H2;1-2H2. The Bertz CT molecular complexity index is 871. The molecule has 0 N–H and O–H groups in total. The van der Waals surface area contributed by atoms with E-state index < -0.39 is 0 Å². The first-order chi connectivity index (χ1) is 11.3. The van der Waals surface area contributed by atoms with E-state index in [1.807, 2.05) is 42.5 Å². The third kappa shape index (κ3) is 2.99. The van der Waals surface area contributed by atoms with Gasteiger partial charge in [0.1, 0.15) is 5.75 Å². The zero-order chi connectivity index (χ0) is 16.2. The zero-order valence-corrected chi connectivity index (χ0v) is 13.4. The van der Waals surface area contributed by atoms with E-state index in [9.17, 15) is 0 Å².